The first-order valence-electron chi connectivity index (χ1n) is 4.04. The minimum Gasteiger partial charge on any atom is -0.469 e. The zero-order valence-corrected chi connectivity index (χ0v) is 7.88. The highest BCUT2D eigenvalue weighted by Gasteiger charge is 2.16. The van der Waals surface area contributed by atoms with E-state index in [1.54, 1.807) is 6.07 Å². The summed E-state index contributed by atoms with van der Waals surface area (Å²) in [6.07, 6.45) is -0.455. The number of hydrogen-bond acceptors (Lipinski definition) is 3. The number of esters is 1. The van der Waals surface area contributed by atoms with Gasteiger partial charge in [-0.25, -0.2) is 8.78 Å². The van der Waals surface area contributed by atoms with Crippen LogP contribution in [0.15, 0.2) is 12.1 Å². The van der Waals surface area contributed by atoms with Crippen LogP contribution in [-0.2, 0) is 16.0 Å². The van der Waals surface area contributed by atoms with E-state index in [0.29, 0.717) is 0 Å². The second kappa shape index (κ2) is 4.51. The topological polar surface area (TPSA) is 50.1 Å². The van der Waals surface area contributed by atoms with Gasteiger partial charge in [0.15, 0.2) is 11.6 Å². The van der Waals surface area contributed by atoms with E-state index >= 15 is 0 Å². The van der Waals surface area contributed by atoms with Crippen molar-refractivity contribution in [2.45, 2.75) is 6.42 Å². The highest BCUT2D eigenvalue weighted by molar-refractivity contribution is 5.73. The third-order valence-corrected chi connectivity index (χ3v) is 1.87. The zero-order chi connectivity index (χ0) is 11.4. The molecule has 0 unspecified atom stereocenters. The number of methoxy groups -OCH3 is 1. The second-order valence-electron chi connectivity index (χ2n) is 2.75. The van der Waals surface area contributed by atoms with Gasteiger partial charge >= 0.3 is 5.97 Å². The van der Waals surface area contributed by atoms with Gasteiger partial charge in [-0.15, -0.1) is 0 Å². The molecular weight excluding hydrogens is 204 g/mol. The molecule has 1 aromatic carbocycles. The summed E-state index contributed by atoms with van der Waals surface area (Å²) in [5.41, 5.74) is -0.344. The Kier molecular flexibility index (Phi) is 3.34. The van der Waals surface area contributed by atoms with E-state index in [2.05, 4.69) is 4.74 Å². The van der Waals surface area contributed by atoms with E-state index < -0.39 is 24.0 Å². The van der Waals surface area contributed by atoms with Crippen molar-refractivity contribution in [2.75, 3.05) is 7.11 Å². The average molecular weight is 211 g/mol. The standard InChI is InChI=1S/C10H7F2NO2/c1-15-9(14)4-7-6(5-13)2-3-8(11)10(7)12/h2-3H,4H2,1H3. The van der Waals surface area contributed by atoms with E-state index in [0.717, 1.165) is 19.2 Å². The molecule has 0 fully saturated rings. The fourth-order valence-corrected chi connectivity index (χ4v) is 1.09. The molecule has 0 aliphatic heterocycles. The molecule has 0 bridgehead atoms. The lowest BCUT2D eigenvalue weighted by atomic mass is 10.0. The third-order valence-electron chi connectivity index (χ3n) is 1.87. The molecule has 78 valence electrons. The van der Waals surface area contributed by atoms with E-state index in [1.165, 1.54) is 0 Å². The van der Waals surface area contributed by atoms with Crippen molar-refractivity contribution in [1.82, 2.24) is 0 Å². The molecule has 0 radical (unpaired) electrons. The quantitative estimate of drug-likeness (QED) is 0.697. The van der Waals surface area contributed by atoms with Crippen molar-refractivity contribution < 1.29 is 18.3 Å². The number of rotatable bonds is 2. The molecule has 0 amide bonds. The molecule has 5 heteroatoms. The molecule has 0 atom stereocenters. The first-order valence-corrected chi connectivity index (χ1v) is 4.04. The van der Waals surface area contributed by atoms with Crippen molar-refractivity contribution in [3.8, 4) is 6.07 Å². The molecule has 0 saturated carbocycles. The molecule has 0 saturated heterocycles. The van der Waals surface area contributed by atoms with Crippen molar-refractivity contribution in [2.24, 2.45) is 0 Å². The Morgan fingerprint density at radius 1 is 1.53 bits per heavy atom. The lowest BCUT2D eigenvalue weighted by Crippen LogP contribution is -2.09. The highest BCUT2D eigenvalue weighted by Crippen LogP contribution is 2.17. The lowest BCUT2D eigenvalue weighted by molar-refractivity contribution is -0.139. The Balaban J connectivity index is 3.19. The summed E-state index contributed by atoms with van der Waals surface area (Å²) in [6.45, 7) is 0. The maximum atomic E-state index is 13.2. The Labute approximate surface area is 84.9 Å². The maximum absolute atomic E-state index is 13.2. The Hall–Kier alpha value is -1.96. The summed E-state index contributed by atoms with van der Waals surface area (Å²) in [7, 11) is 1.13. The van der Waals surface area contributed by atoms with Gasteiger partial charge in [0.1, 0.15) is 0 Å². The van der Waals surface area contributed by atoms with Crippen LogP contribution in [0.1, 0.15) is 11.1 Å². The number of nitriles is 1. The minimum atomic E-state index is -1.18. The number of ether oxygens (including phenoxy) is 1. The van der Waals surface area contributed by atoms with E-state index in [1.807, 2.05) is 0 Å². The molecule has 1 rings (SSSR count). The minimum absolute atomic E-state index is 0.0701. The highest BCUT2D eigenvalue weighted by atomic mass is 19.2. The van der Waals surface area contributed by atoms with Gasteiger partial charge in [0.2, 0.25) is 0 Å². The van der Waals surface area contributed by atoms with Gasteiger partial charge in [-0.3, -0.25) is 4.79 Å². The zero-order valence-electron chi connectivity index (χ0n) is 7.88. The molecule has 0 aliphatic rings. The largest absolute Gasteiger partial charge is 0.469 e. The molecule has 0 aromatic heterocycles. The van der Waals surface area contributed by atoms with E-state index in [4.69, 9.17) is 5.26 Å². The number of carbonyl (C=O) groups is 1. The molecule has 0 heterocycles. The third kappa shape index (κ3) is 2.29. The van der Waals surface area contributed by atoms with Gasteiger partial charge in [-0.1, -0.05) is 0 Å². The SMILES string of the molecule is COC(=O)Cc1c(C#N)ccc(F)c1F. The molecule has 0 aliphatic carbocycles. The summed E-state index contributed by atoms with van der Waals surface area (Å²) < 4.78 is 30.3. The van der Waals surface area contributed by atoms with Crippen LogP contribution < -0.4 is 0 Å². The van der Waals surface area contributed by atoms with Gasteiger partial charge in [0.25, 0.3) is 0 Å². The van der Waals surface area contributed by atoms with Gasteiger partial charge in [-0.05, 0) is 12.1 Å². The van der Waals surface area contributed by atoms with Crippen LogP contribution in [0.4, 0.5) is 8.78 Å². The second-order valence-corrected chi connectivity index (χ2v) is 2.75. The van der Waals surface area contributed by atoms with Gasteiger partial charge in [0, 0.05) is 5.56 Å². The molecule has 0 N–H and O–H groups in total. The van der Waals surface area contributed by atoms with Crippen LogP contribution in [0.3, 0.4) is 0 Å². The molecule has 15 heavy (non-hydrogen) atoms. The van der Waals surface area contributed by atoms with Crippen LogP contribution in [0.5, 0.6) is 0 Å². The summed E-state index contributed by atoms with van der Waals surface area (Å²) >= 11 is 0. The van der Waals surface area contributed by atoms with Crippen molar-refractivity contribution in [3.63, 3.8) is 0 Å². The number of nitrogens with zero attached hydrogens (tertiary/aromatic N) is 1. The predicted molar refractivity (Wildman–Crippen MR) is 46.8 cm³/mol. The Morgan fingerprint density at radius 3 is 2.73 bits per heavy atom. The first kappa shape index (κ1) is 11.1. The van der Waals surface area contributed by atoms with Gasteiger partial charge in [-0.2, -0.15) is 5.26 Å². The smallest absolute Gasteiger partial charge is 0.310 e. The molecule has 1 aromatic rings. The Bertz CT molecular complexity index is 438. The molecule has 0 spiro atoms. The maximum Gasteiger partial charge on any atom is 0.310 e. The average Bonchev–Trinajstić information content (AvgIpc) is 2.25. The van der Waals surface area contributed by atoms with Crippen molar-refractivity contribution >= 4 is 5.97 Å². The number of carbonyl (C=O) groups excluding carboxylic acids is 1. The fraction of sp³-hybridized carbons (Fsp3) is 0.200. The van der Waals surface area contributed by atoms with Crippen LogP contribution in [0.25, 0.3) is 0 Å². The molecule has 3 nitrogen and oxygen atoms in total. The van der Waals surface area contributed by atoms with Crippen LogP contribution in [0.2, 0.25) is 0 Å². The first-order chi connectivity index (χ1) is 7.10. The van der Waals surface area contributed by atoms with E-state index in [9.17, 15) is 13.6 Å². The predicted octanol–water partition coefficient (Wildman–Crippen LogP) is 1.55. The summed E-state index contributed by atoms with van der Waals surface area (Å²) in [5.74, 6) is -3.00. The fourth-order valence-electron chi connectivity index (χ4n) is 1.09. The lowest BCUT2D eigenvalue weighted by Gasteiger charge is -2.04. The van der Waals surface area contributed by atoms with Crippen LogP contribution in [-0.4, -0.2) is 13.1 Å². The van der Waals surface area contributed by atoms with Gasteiger partial charge in [0.05, 0.1) is 25.2 Å². The van der Waals surface area contributed by atoms with E-state index in [-0.39, 0.29) is 11.1 Å². The number of benzene rings is 1. The summed E-state index contributed by atoms with van der Waals surface area (Å²) in [5, 5.41) is 8.63. The summed E-state index contributed by atoms with van der Waals surface area (Å²) in [6, 6.07) is 3.64. The van der Waals surface area contributed by atoms with Crippen molar-refractivity contribution in [1.29, 1.82) is 5.26 Å². The van der Waals surface area contributed by atoms with Crippen LogP contribution >= 0.6 is 0 Å². The Morgan fingerprint density at radius 2 is 2.20 bits per heavy atom. The van der Waals surface area contributed by atoms with Crippen LogP contribution in [0, 0.1) is 23.0 Å². The number of halogens is 2. The normalized spacial score (nSPS) is 9.47. The monoisotopic (exact) mass is 211 g/mol. The summed E-state index contributed by atoms with van der Waals surface area (Å²) in [4.78, 5) is 10.9. The molecular formula is C10H7F2NO2. The van der Waals surface area contributed by atoms with Crippen molar-refractivity contribution in [3.05, 3.63) is 34.9 Å². The number of hydrogen-bond donors (Lipinski definition) is 0. The van der Waals surface area contributed by atoms with Gasteiger partial charge < -0.3 is 4.74 Å².